The fraction of sp³-hybridized carbons (Fsp3) is 0.375. The minimum atomic E-state index is 0.558. The molecule has 0 amide bonds. The summed E-state index contributed by atoms with van der Waals surface area (Å²) in [5, 5.41) is 6.24. The van der Waals surface area contributed by atoms with Crippen LogP contribution in [0, 0.1) is 0 Å². The van der Waals surface area contributed by atoms with Crippen LogP contribution in [-0.2, 0) is 19.5 Å². The van der Waals surface area contributed by atoms with E-state index in [1.54, 1.807) is 11.3 Å². The molecule has 2 aromatic rings. The topological polar surface area (TPSA) is 30.5 Å². The van der Waals surface area contributed by atoms with E-state index in [0.29, 0.717) is 24.0 Å². The Labute approximate surface area is 133 Å². The summed E-state index contributed by atoms with van der Waals surface area (Å²) in [5.74, 6) is 1.41. The Balaban J connectivity index is 1.64. The number of thiophene rings is 1. The van der Waals surface area contributed by atoms with E-state index in [-0.39, 0.29) is 0 Å². The second kappa shape index (κ2) is 6.69. The molecule has 0 spiro atoms. The number of hydrogen-bond acceptors (Lipinski definition) is 4. The van der Waals surface area contributed by atoms with Crippen LogP contribution in [0.1, 0.15) is 22.9 Å². The third-order valence-corrected chi connectivity index (χ3v) is 4.73. The van der Waals surface area contributed by atoms with Crippen LogP contribution in [0.15, 0.2) is 23.6 Å². The fourth-order valence-electron chi connectivity index (χ4n) is 2.42. The number of halogens is 1. The molecule has 1 aromatic heterocycles. The first kappa shape index (κ1) is 14.7. The number of hydrogen-bond donors (Lipinski definition) is 1. The minimum absolute atomic E-state index is 0.558. The molecule has 0 saturated heterocycles. The van der Waals surface area contributed by atoms with Gasteiger partial charge in [0, 0.05) is 18.0 Å². The van der Waals surface area contributed by atoms with Gasteiger partial charge >= 0.3 is 0 Å². The predicted octanol–water partition coefficient (Wildman–Crippen LogP) is 4.02. The van der Waals surface area contributed by atoms with E-state index in [2.05, 4.69) is 23.7 Å². The van der Waals surface area contributed by atoms with E-state index in [1.165, 1.54) is 10.4 Å². The summed E-state index contributed by atoms with van der Waals surface area (Å²) in [6.45, 7) is 4.97. The van der Waals surface area contributed by atoms with Gasteiger partial charge in [-0.15, -0.1) is 11.3 Å². The molecule has 5 heteroatoms. The smallest absolute Gasteiger partial charge is 0.179 e. The Hall–Kier alpha value is -1.23. The Kier molecular flexibility index (Phi) is 4.68. The standard InChI is InChI=1S/C16H18ClNO2S/c1-2-12-3-6-21-15(12)10-18-9-11-7-13(17)16-14(8-11)19-4-5-20-16/h3,6-8,18H,2,4-5,9-10H2,1H3. The van der Waals surface area contributed by atoms with E-state index in [9.17, 15) is 0 Å². The molecule has 112 valence electrons. The average molecular weight is 324 g/mol. The van der Waals surface area contributed by atoms with Crippen molar-refractivity contribution in [2.45, 2.75) is 26.4 Å². The van der Waals surface area contributed by atoms with Crippen LogP contribution < -0.4 is 14.8 Å². The van der Waals surface area contributed by atoms with Crippen LogP contribution >= 0.6 is 22.9 Å². The maximum Gasteiger partial charge on any atom is 0.179 e. The zero-order valence-electron chi connectivity index (χ0n) is 11.9. The van der Waals surface area contributed by atoms with Crippen molar-refractivity contribution in [1.29, 1.82) is 0 Å². The zero-order chi connectivity index (χ0) is 14.7. The number of benzene rings is 1. The molecule has 0 fully saturated rings. The molecule has 0 bridgehead atoms. The first-order valence-corrected chi connectivity index (χ1v) is 8.37. The molecule has 1 aliphatic rings. The average Bonchev–Trinajstić information content (AvgIpc) is 2.95. The minimum Gasteiger partial charge on any atom is -0.486 e. The zero-order valence-corrected chi connectivity index (χ0v) is 13.5. The molecule has 0 aliphatic carbocycles. The predicted molar refractivity (Wildman–Crippen MR) is 86.7 cm³/mol. The van der Waals surface area contributed by atoms with Gasteiger partial charge in [0.05, 0.1) is 5.02 Å². The summed E-state index contributed by atoms with van der Waals surface area (Å²) in [7, 11) is 0. The third kappa shape index (κ3) is 3.34. The van der Waals surface area contributed by atoms with Crippen molar-refractivity contribution in [2.75, 3.05) is 13.2 Å². The van der Waals surface area contributed by atoms with Gasteiger partial charge in [-0.25, -0.2) is 0 Å². The summed E-state index contributed by atoms with van der Waals surface area (Å²) >= 11 is 8.04. The highest BCUT2D eigenvalue weighted by molar-refractivity contribution is 7.10. The maximum absolute atomic E-state index is 6.24. The molecule has 0 atom stereocenters. The van der Waals surface area contributed by atoms with Gasteiger partial charge in [0.1, 0.15) is 13.2 Å². The lowest BCUT2D eigenvalue weighted by molar-refractivity contribution is 0.171. The van der Waals surface area contributed by atoms with Gasteiger partial charge in [-0.05, 0) is 41.1 Å². The van der Waals surface area contributed by atoms with Crippen LogP contribution in [-0.4, -0.2) is 13.2 Å². The molecular formula is C16H18ClNO2S. The Morgan fingerprint density at radius 2 is 2.10 bits per heavy atom. The first-order chi connectivity index (χ1) is 10.3. The molecular weight excluding hydrogens is 306 g/mol. The Morgan fingerprint density at radius 1 is 1.24 bits per heavy atom. The fourth-order valence-corrected chi connectivity index (χ4v) is 3.66. The van der Waals surface area contributed by atoms with Crippen LogP contribution in [0.25, 0.3) is 0 Å². The molecule has 1 aliphatic heterocycles. The second-order valence-corrected chi connectivity index (χ2v) is 6.34. The summed E-state index contributed by atoms with van der Waals surface area (Å²) in [4.78, 5) is 1.40. The van der Waals surface area contributed by atoms with Crippen molar-refractivity contribution in [2.24, 2.45) is 0 Å². The molecule has 0 unspecified atom stereocenters. The van der Waals surface area contributed by atoms with Crippen molar-refractivity contribution in [3.63, 3.8) is 0 Å². The Bertz CT molecular complexity index is 627. The highest BCUT2D eigenvalue weighted by atomic mass is 35.5. The second-order valence-electron chi connectivity index (χ2n) is 4.93. The van der Waals surface area contributed by atoms with Crippen LogP contribution in [0.2, 0.25) is 5.02 Å². The lowest BCUT2D eigenvalue weighted by atomic mass is 10.1. The van der Waals surface area contributed by atoms with Gasteiger partial charge in [0.2, 0.25) is 0 Å². The van der Waals surface area contributed by atoms with Gasteiger partial charge in [-0.2, -0.15) is 0 Å². The molecule has 0 radical (unpaired) electrons. The van der Waals surface area contributed by atoms with Crippen molar-refractivity contribution in [1.82, 2.24) is 5.32 Å². The van der Waals surface area contributed by atoms with E-state index in [4.69, 9.17) is 21.1 Å². The van der Waals surface area contributed by atoms with Crippen molar-refractivity contribution < 1.29 is 9.47 Å². The van der Waals surface area contributed by atoms with Gasteiger partial charge in [-0.1, -0.05) is 18.5 Å². The largest absolute Gasteiger partial charge is 0.486 e. The van der Waals surface area contributed by atoms with Crippen LogP contribution in [0.4, 0.5) is 0 Å². The molecule has 1 aromatic carbocycles. The highest BCUT2D eigenvalue weighted by Crippen LogP contribution is 2.38. The van der Waals surface area contributed by atoms with E-state index in [0.717, 1.165) is 30.8 Å². The molecule has 0 saturated carbocycles. The number of nitrogens with one attached hydrogen (secondary N) is 1. The lowest BCUT2D eigenvalue weighted by Crippen LogP contribution is -2.17. The number of aryl methyl sites for hydroxylation is 1. The number of rotatable bonds is 5. The van der Waals surface area contributed by atoms with E-state index < -0.39 is 0 Å². The highest BCUT2D eigenvalue weighted by Gasteiger charge is 2.16. The first-order valence-electron chi connectivity index (χ1n) is 7.12. The maximum atomic E-state index is 6.24. The Morgan fingerprint density at radius 3 is 2.95 bits per heavy atom. The molecule has 2 heterocycles. The van der Waals surface area contributed by atoms with Crippen molar-refractivity contribution in [3.8, 4) is 11.5 Å². The number of fused-ring (bicyclic) bond motifs is 1. The van der Waals surface area contributed by atoms with Crippen molar-refractivity contribution >= 4 is 22.9 Å². The summed E-state index contributed by atoms with van der Waals surface area (Å²) in [5.41, 5.74) is 2.53. The van der Waals surface area contributed by atoms with E-state index in [1.807, 2.05) is 12.1 Å². The van der Waals surface area contributed by atoms with Crippen LogP contribution in [0.3, 0.4) is 0 Å². The van der Waals surface area contributed by atoms with Crippen LogP contribution in [0.5, 0.6) is 11.5 Å². The monoisotopic (exact) mass is 323 g/mol. The molecule has 1 N–H and O–H groups in total. The molecule has 21 heavy (non-hydrogen) atoms. The van der Waals surface area contributed by atoms with Gasteiger partial charge in [0.15, 0.2) is 11.5 Å². The summed E-state index contributed by atoms with van der Waals surface area (Å²) in [6, 6.07) is 6.14. The van der Waals surface area contributed by atoms with Crippen molar-refractivity contribution in [3.05, 3.63) is 44.6 Å². The summed E-state index contributed by atoms with van der Waals surface area (Å²) < 4.78 is 11.1. The van der Waals surface area contributed by atoms with Gasteiger partial charge in [0.25, 0.3) is 0 Å². The van der Waals surface area contributed by atoms with E-state index >= 15 is 0 Å². The molecule has 3 rings (SSSR count). The van der Waals surface area contributed by atoms with Gasteiger partial charge < -0.3 is 14.8 Å². The quantitative estimate of drug-likeness (QED) is 0.901. The SMILES string of the molecule is CCc1ccsc1CNCc1cc(Cl)c2c(c1)OCCO2. The third-order valence-electron chi connectivity index (χ3n) is 3.49. The number of ether oxygens (including phenoxy) is 2. The van der Waals surface area contributed by atoms with Gasteiger partial charge in [-0.3, -0.25) is 0 Å². The normalized spacial score (nSPS) is 13.4. The molecule has 3 nitrogen and oxygen atoms in total. The summed E-state index contributed by atoms with van der Waals surface area (Å²) in [6.07, 6.45) is 1.08. The lowest BCUT2D eigenvalue weighted by Gasteiger charge is -2.20.